The quantitative estimate of drug-likeness (QED) is 0.441. The first kappa shape index (κ1) is 27.9. The second-order valence-electron chi connectivity index (χ2n) is 7.48. The third kappa shape index (κ3) is 6.47. The van der Waals surface area contributed by atoms with Crippen LogP contribution < -0.4 is 0 Å². The van der Waals surface area contributed by atoms with E-state index < -0.39 is 18.1 Å². The molecule has 0 aromatic carbocycles. The highest BCUT2D eigenvalue weighted by atomic mass is 16.2. The molecular weight excluding hydrogens is 383 g/mol. The fraction of sp³-hybridized carbons (Fsp3) is 0.810. The van der Waals surface area contributed by atoms with Crippen molar-refractivity contribution in [2.45, 2.75) is 78.4 Å². The van der Waals surface area contributed by atoms with E-state index >= 15 is 0 Å². The zero-order valence-electron chi connectivity index (χ0n) is 20.0. The van der Waals surface area contributed by atoms with Crippen LogP contribution in [-0.2, 0) is 19.2 Å². The molecule has 0 heterocycles. The fourth-order valence-corrected chi connectivity index (χ4v) is 3.68. The predicted molar refractivity (Wildman–Crippen MR) is 119 cm³/mol. The first-order valence-electron chi connectivity index (χ1n) is 10.8. The number of carbonyl (C=O) groups excluding carboxylic acids is 4. The fourth-order valence-electron chi connectivity index (χ4n) is 3.68. The molecule has 0 spiro atoms. The molecule has 170 valence electrons. The van der Waals surface area contributed by atoms with Gasteiger partial charge < -0.3 is 19.6 Å². The van der Waals surface area contributed by atoms with Crippen molar-refractivity contribution in [3.8, 4) is 0 Å². The van der Waals surface area contributed by atoms with Crippen molar-refractivity contribution in [2.24, 2.45) is 0 Å². The molecule has 9 heteroatoms. The van der Waals surface area contributed by atoms with Crippen LogP contribution >= 0.6 is 0 Å². The van der Waals surface area contributed by atoms with Crippen LogP contribution in [0.25, 0.3) is 0 Å². The Morgan fingerprint density at radius 3 is 1.50 bits per heavy atom. The van der Waals surface area contributed by atoms with Crippen molar-refractivity contribution in [3.63, 3.8) is 0 Å². The normalized spacial score (nSPS) is 13.7. The number of nitrogens with zero attached hydrogens (tertiary/aromatic N) is 4. The van der Waals surface area contributed by atoms with Crippen LogP contribution in [0.15, 0.2) is 0 Å². The molecule has 0 fully saturated rings. The van der Waals surface area contributed by atoms with E-state index in [4.69, 9.17) is 7.85 Å². The van der Waals surface area contributed by atoms with Gasteiger partial charge in [-0.3, -0.25) is 19.2 Å². The Labute approximate surface area is 183 Å². The number of rotatable bonds is 12. The average Bonchev–Trinajstić information content (AvgIpc) is 2.74. The van der Waals surface area contributed by atoms with Crippen LogP contribution in [0, 0.1) is 0 Å². The molecule has 0 bridgehead atoms. The number of hydrogen-bond donors (Lipinski definition) is 0. The molecule has 0 aliphatic rings. The van der Waals surface area contributed by atoms with Gasteiger partial charge in [0.25, 0.3) is 0 Å². The van der Waals surface area contributed by atoms with Crippen LogP contribution in [0.5, 0.6) is 0 Å². The molecule has 0 aromatic rings. The van der Waals surface area contributed by atoms with Crippen molar-refractivity contribution in [3.05, 3.63) is 0 Å². The lowest BCUT2D eigenvalue weighted by Crippen LogP contribution is -2.58. The van der Waals surface area contributed by atoms with Gasteiger partial charge in [0.2, 0.25) is 23.6 Å². The van der Waals surface area contributed by atoms with Gasteiger partial charge in [0.15, 0.2) is 0 Å². The maximum atomic E-state index is 13.4. The number of likely N-dealkylation sites (N-methyl/N-ethyl adjacent to an activating group) is 3. The molecule has 0 aromatic heterocycles. The van der Waals surface area contributed by atoms with Gasteiger partial charge in [0, 0.05) is 34.1 Å². The average molecular weight is 422 g/mol. The van der Waals surface area contributed by atoms with Gasteiger partial charge in [0.1, 0.15) is 18.1 Å². The van der Waals surface area contributed by atoms with E-state index in [-0.39, 0.29) is 36.5 Å². The van der Waals surface area contributed by atoms with Crippen molar-refractivity contribution in [1.29, 1.82) is 0 Å². The van der Waals surface area contributed by atoms with E-state index in [2.05, 4.69) is 0 Å². The Kier molecular flexibility index (Phi) is 12.4. The van der Waals surface area contributed by atoms with Crippen molar-refractivity contribution < 1.29 is 19.2 Å². The largest absolute Gasteiger partial charge is 0.347 e. The summed E-state index contributed by atoms with van der Waals surface area (Å²) in [7, 11) is 10.7. The Balaban J connectivity index is 5.86. The zero-order valence-corrected chi connectivity index (χ0v) is 20.0. The predicted octanol–water partition coefficient (Wildman–Crippen LogP) is 1.08. The van der Waals surface area contributed by atoms with E-state index in [9.17, 15) is 19.2 Å². The lowest BCUT2D eigenvalue weighted by atomic mass is 10.0. The minimum atomic E-state index is -0.722. The lowest BCUT2D eigenvalue weighted by Gasteiger charge is -2.39. The minimum absolute atomic E-state index is 0.0612. The molecule has 3 unspecified atom stereocenters. The van der Waals surface area contributed by atoms with Crippen LogP contribution in [0.4, 0.5) is 0 Å². The van der Waals surface area contributed by atoms with Crippen LogP contribution in [0.2, 0.25) is 0 Å². The van der Waals surface area contributed by atoms with Gasteiger partial charge in [-0.2, -0.15) is 0 Å². The highest BCUT2D eigenvalue weighted by molar-refractivity contribution is 6.10. The topological polar surface area (TPSA) is 81.2 Å². The molecule has 0 rings (SSSR count). The van der Waals surface area contributed by atoms with Crippen LogP contribution in [-0.4, -0.2) is 103 Å². The molecule has 0 saturated carbocycles. The maximum absolute atomic E-state index is 13.4. The second-order valence-corrected chi connectivity index (χ2v) is 7.48. The molecule has 0 N–H and O–H groups in total. The Hall–Kier alpha value is -2.06. The van der Waals surface area contributed by atoms with E-state index in [1.807, 2.05) is 20.8 Å². The van der Waals surface area contributed by atoms with Crippen LogP contribution in [0.1, 0.15) is 60.3 Å². The Morgan fingerprint density at radius 1 is 0.700 bits per heavy atom. The summed E-state index contributed by atoms with van der Waals surface area (Å²) in [6.07, 6.45) is 1.45. The standard InChI is InChI=1S/C21H39BN4O4/c1-9-15(19(28)23(6)7)24(8)20(29)16(10-2)25(13-5)21(30)17(11-3)26(14-22)18(27)12-4/h15-17H,9-14H2,1-8H3. The first-order valence-corrected chi connectivity index (χ1v) is 10.8. The number of carbonyl (C=O) groups is 4. The molecule has 2 radical (unpaired) electrons. The molecule has 3 atom stereocenters. The van der Waals surface area contributed by atoms with Gasteiger partial charge in [-0.1, -0.05) is 27.7 Å². The van der Waals surface area contributed by atoms with Gasteiger partial charge in [-0.05, 0) is 32.6 Å². The van der Waals surface area contributed by atoms with Gasteiger partial charge in [0.05, 0.1) is 7.85 Å². The highest BCUT2D eigenvalue weighted by Gasteiger charge is 2.38. The van der Waals surface area contributed by atoms with Crippen molar-refractivity contribution in [1.82, 2.24) is 19.6 Å². The highest BCUT2D eigenvalue weighted by Crippen LogP contribution is 2.17. The minimum Gasteiger partial charge on any atom is -0.347 e. The smallest absolute Gasteiger partial charge is 0.245 e. The monoisotopic (exact) mass is 422 g/mol. The third-order valence-corrected chi connectivity index (χ3v) is 5.47. The summed E-state index contributed by atoms with van der Waals surface area (Å²) in [5.41, 5.74) is 0. The third-order valence-electron chi connectivity index (χ3n) is 5.47. The van der Waals surface area contributed by atoms with E-state index in [1.165, 1.54) is 19.6 Å². The van der Waals surface area contributed by atoms with Gasteiger partial charge >= 0.3 is 0 Å². The molecular formula is C21H39BN4O4. The molecule has 30 heavy (non-hydrogen) atoms. The molecule has 0 aliphatic carbocycles. The van der Waals surface area contributed by atoms with Crippen molar-refractivity contribution in [2.75, 3.05) is 34.1 Å². The number of hydrogen-bond acceptors (Lipinski definition) is 4. The molecule has 4 amide bonds. The summed E-state index contributed by atoms with van der Waals surface area (Å²) >= 11 is 0. The van der Waals surface area contributed by atoms with Gasteiger partial charge in [-0.25, -0.2) is 0 Å². The van der Waals surface area contributed by atoms with Crippen LogP contribution in [0.3, 0.4) is 0 Å². The van der Waals surface area contributed by atoms with E-state index in [0.29, 0.717) is 25.8 Å². The maximum Gasteiger partial charge on any atom is 0.245 e. The molecule has 0 aliphatic heterocycles. The summed E-state index contributed by atoms with van der Waals surface area (Å²) in [6.45, 7) is 9.34. The summed E-state index contributed by atoms with van der Waals surface area (Å²) < 4.78 is 0. The summed E-state index contributed by atoms with van der Waals surface area (Å²) in [4.78, 5) is 57.2. The first-order chi connectivity index (χ1) is 14.1. The van der Waals surface area contributed by atoms with E-state index in [0.717, 1.165) is 0 Å². The summed E-state index contributed by atoms with van der Waals surface area (Å²) in [5, 5.41) is 0. The van der Waals surface area contributed by atoms with Crippen molar-refractivity contribution >= 4 is 31.5 Å². The second kappa shape index (κ2) is 13.3. The number of amides is 4. The molecule has 0 saturated heterocycles. The SMILES string of the molecule is [B]CN(C(=O)CC)C(CC)C(=O)N(CC)C(CC)C(=O)N(C)C(CC)C(=O)N(C)C. The molecule has 8 nitrogen and oxygen atoms in total. The summed E-state index contributed by atoms with van der Waals surface area (Å²) in [5.74, 6) is -0.946. The van der Waals surface area contributed by atoms with Gasteiger partial charge in [-0.15, -0.1) is 0 Å². The Morgan fingerprint density at radius 2 is 1.17 bits per heavy atom. The summed E-state index contributed by atoms with van der Waals surface area (Å²) in [6, 6.07) is -2.04. The zero-order chi connectivity index (χ0) is 23.6. The lowest BCUT2D eigenvalue weighted by molar-refractivity contribution is -0.154. The van der Waals surface area contributed by atoms with E-state index in [1.54, 1.807) is 35.0 Å². The Bertz CT molecular complexity index is 600.